The maximum atomic E-state index is 10.9. The van der Waals surface area contributed by atoms with Gasteiger partial charge in [0.15, 0.2) is 0 Å². The number of carboxylic acid groups (broad SMARTS) is 1. The predicted molar refractivity (Wildman–Crippen MR) is 80.8 cm³/mol. The quantitative estimate of drug-likeness (QED) is 0.811. The van der Waals surface area contributed by atoms with Crippen molar-refractivity contribution in [3.63, 3.8) is 0 Å². The molecule has 0 spiro atoms. The zero-order chi connectivity index (χ0) is 14.7. The molecule has 1 atom stereocenters. The molecule has 0 radical (unpaired) electrons. The lowest BCUT2D eigenvalue weighted by molar-refractivity contribution is 0.0697. The third-order valence-corrected chi connectivity index (χ3v) is 4.30. The number of hydrogen-bond acceptors (Lipinski definition) is 3. The highest BCUT2D eigenvalue weighted by Crippen LogP contribution is 2.39. The Bertz CT molecular complexity index is 643. The van der Waals surface area contributed by atoms with Gasteiger partial charge in [0.25, 0.3) is 0 Å². The van der Waals surface area contributed by atoms with Crippen LogP contribution in [0.5, 0.6) is 5.75 Å². The maximum absolute atomic E-state index is 10.9. The number of halogens is 1. The molecule has 0 heterocycles. The van der Waals surface area contributed by atoms with Crippen LogP contribution in [0.2, 0.25) is 5.02 Å². The standard InChI is InChI=1S/C15H13ClO3S/c1-9(11-4-2-3-5-14(11)17)20-10-6-7-12(15(18)19)13(16)8-10/h2-9,17H,1H3,(H,18,19). The Morgan fingerprint density at radius 2 is 1.95 bits per heavy atom. The number of rotatable bonds is 4. The molecule has 20 heavy (non-hydrogen) atoms. The second-order valence-electron chi connectivity index (χ2n) is 4.27. The summed E-state index contributed by atoms with van der Waals surface area (Å²) in [6.45, 7) is 1.97. The molecule has 0 aliphatic carbocycles. The summed E-state index contributed by atoms with van der Waals surface area (Å²) < 4.78 is 0. The van der Waals surface area contributed by atoms with Gasteiger partial charge < -0.3 is 10.2 Å². The number of carboxylic acids is 1. The average Bonchev–Trinajstić information content (AvgIpc) is 2.38. The Hall–Kier alpha value is -1.65. The van der Waals surface area contributed by atoms with Crippen molar-refractivity contribution in [3.8, 4) is 5.75 Å². The lowest BCUT2D eigenvalue weighted by Gasteiger charge is -2.13. The first-order valence-electron chi connectivity index (χ1n) is 5.96. The fourth-order valence-electron chi connectivity index (χ4n) is 1.84. The molecule has 0 aliphatic rings. The predicted octanol–water partition coefficient (Wildman–Crippen LogP) is 4.60. The topological polar surface area (TPSA) is 57.5 Å². The van der Waals surface area contributed by atoms with E-state index in [1.807, 2.05) is 19.1 Å². The monoisotopic (exact) mass is 308 g/mol. The van der Waals surface area contributed by atoms with E-state index in [1.54, 1.807) is 24.3 Å². The average molecular weight is 309 g/mol. The Balaban J connectivity index is 2.20. The number of phenolic OH excluding ortho intramolecular Hbond substituents is 1. The van der Waals surface area contributed by atoms with E-state index in [0.717, 1.165) is 10.5 Å². The molecule has 2 aromatic rings. The molecule has 0 amide bonds. The van der Waals surface area contributed by atoms with Gasteiger partial charge in [0, 0.05) is 15.7 Å². The molecule has 0 saturated carbocycles. The zero-order valence-electron chi connectivity index (χ0n) is 10.7. The molecule has 3 nitrogen and oxygen atoms in total. The normalized spacial score (nSPS) is 12.1. The van der Waals surface area contributed by atoms with Gasteiger partial charge in [-0.3, -0.25) is 0 Å². The van der Waals surface area contributed by atoms with E-state index in [2.05, 4.69) is 0 Å². The van der Waals surface area contributed by atoms with E-state index >= 15 is 0 Å². The number of aromatic hydroxyl groups is 1. The van der Waals surface area contributed by atoms with Gasteiger partial charge in [0.1, 0.15) is 5.75 Å². The van der Waals surface area contributed by atoms with Crippen LogP contribution >= 0.6 is 23.4 Å². The summed E-state index contributed by atoms with van der Waals surface area (Å²) in [5.74, 6) is -0.791. The first-order chi connectivity index (χ1) is 9.49. The summed E-state index contributed by atoms with van der Waals surface area (Å²) in [4.78, 5) is 11.8. The number of aromatic carboxylic acids is 1. The van der Waals surface area contributed by atoms with Crippen LogP contribution in [0.1, 0.15) is 28.1 Å². The van der Waals surface area contributed by atoms with Crippen LogP contribution in [0, 0.1) is 0 Å². The molecule has 0 aromatic heterocycles. The van der Waals surface area contributed by atoms with Gasteiger partial charge in [-0.15, -0.1) is 11.8 Å². The minimum atomic E-state index is -1.04. The summed E-state index contributed by atoms with van der Waals surface area (Å²) in [6.07, 6.45) is 0. The zero-order valence-corrected chi connectivity index (χ0v) is 12.3. The molecule has 0 saturated heterocycles. The molecule has 5 heteroatoms. The van der Waals surface area contributed by atoms with E-state index in [9.17, 15) is 9.90 Å². The number of para-hydroxylation sites is 1. The van der Waals surface area contributed by atoms with E-state index in [0.29, 0.717) is 0 Å². The van der Waals surface area contributed by atoms with Crippen LogP contribution in [0.3, 0.4) is 0 Å². The van der Waals surface area contributed by atoms with Gasteiger partial charge >= 0.3 is 5.97 Å². The molecule has 0 aliphatic heterocycles. The summed E-state index contributed by atoms with van der Waals surface area (Å²) in [5, 5.41) is 19.0. The molecule has 0 bridgehead atoms. The van der Waals surface area contributed by atoms with Crippen molar-refractivity contribution in [2.75, 3.05) is 0 Å². The Kier molecular flexibility index (Phi) is 4.57. The van der Waals surface area contributed by atoms with E-state index in [1.165, 1.54) is 17.8 Å². The lowest BCUT2D eigenvalue weighted by atomic mass is 10.1. The van der Waals surface area contributed by atoms with Crippen molar-refractivity contribution in [1.82, 2.24) is 0 Å². The van der Waals surface area contributed by atoms with Crippen LogP contribution in [0.15, 0.2) is 47.4 Å². The SMILES string of the molecule is CC(Sc1ccc(C(=O)O)c(Cl)c1)c1ccccc1O. The molecule has 2 N–H and O–H groups in total. The Labute approximate surface area is 126 Å². The molecule has 104 valence electrons. The number of phenols is 1. The minimum absolute atomic E-state index is 0.0305. The molecule has 1 unspecified atom stereocenters. The van der Waals surface area contributed by atoms with Gasteiger partial charge in [0.2, 0.25) is 0 Å². The number of hydrogen-bond donors (Lipinski definition) is 2. The lowest BCUT2D eigenvalue weighted by Crippen LogP contribution is -1.97. The van der Waals surface area contributed by atoms with Crippen molar-refractivity contribution < 1.29 is 15.0 Å². The number of benzene rings is 2. The highest BCUT2D eigenvalue weighted by atomic mass is 35.5. The third-order valence-electron chi connectivity index (χ3n) is 2.86. The molecular weight excluding hydrogens is 296 g/mol. The molecule has 2 rings (SSSR count). The molecule has 0 fully saturated rings. The van der Waals surface area contributed by atoms with E-state index < -0.39 is 5.97 Å². The van der Waals surface area contributed by atoms with Crippen molar-refractivity contribution in [1.29, 1.82) is 0 Å². The summed E-state index contributed by atoms with van der Waals surface area (Å²) in [5.41, 5.74) is 0.919. The Morgan fingerprint density at radius 1 is 1.25 bits per heavy atom. The summed E-state index contributed by atoms with van der Waals surface area (Å²) in [6, 6.07) is 12.0. The van der Waals surface area contributed by atoms with Gasteiger partial charge in [0.05, 0.1) is 10.6 Å². The second-order valence-corrected chi connectivity index (χ2v) is 6.09. The first kappa shape index (κ1) is 14.8. The van der Waals surface area contributed by atoms with Gasteiger partial charge in [-0.1, -0.05) is 29.8 Å². The van der Waals surface area contributed by atoms with Crippen LogP contribution < -0.4 is 0 Å². The smallest absolute Gasteiger partial charge is 0.337 e. The second kappa shape index (κ2) is 6.20. The van der Waals surface area contributed by atoms with Gasteiger partial charge in [-0.25, -0.2) is 4.79 Å². The Morgan fingerprint density at radius 3 is 2.55 bits per heavy atom. The van der Waals surface area contributed by atoms with Crippen LogP contribution in [-0.2, 0) is 0 Å². The molecule has 2 aromatic carbocycles. The summed E-state index contributed by atoms with van der Waals surface area (Å²) in [7, 11) is 0. The highest BCUT2D eigenvalue weighted by molar-refractivity contribution is 7.99. The summed E-state index contributed by atoms with van der Waals surface area (Å²) >= 11 is 7.45. The van der Waals surface area contributed by atoms with E-state index in [4.69, 9.17) is 16.7 Å². The van der Waals surface area contributed by atoms with Crippen molar-refractivity contribution in [2.45, 2.75) is 17.1 Å². The highest BCUT2D eigenvalue weighted by Gasteiger charge is 2.14. The fraction of sp³-hybridized carbons (Fsp3) is 0.133. The third kappa shape index (κ3) is 3.26. The number of thioether (sulfide) groups is 1. The van der Waals surface area contributed by atoms with Crippen molar-refractivity contribution >= 4 is 29.3 Å². The van der Waals surface area contributed by atoms with Crippen LogP contribution in [0.4, 0.5) is 0 Å². The largest absolute Gasteiger partial charge is 0.508 e. The maximum Gasteiger partial charge on any atom is 0.337 e. The fourth-order valence-corrected chi connectivity index (χ4v) is 3.23. The van der Waals surface area contributed by atoms with Gasteiger partial charge in [-0.05, 0) is 31.2 Å². The van der Waals surface area contributed by atoms with Gasteiger partial charge in [-0.2, -0.15) is 0 Å². The van der Waals surface area contributed by atoms with E-state index in [-0.39, 0.29) is 21.6 Å². The van der Waals surface area contributed by atoms with Crippen molar-refractivity contribution in [3.05, 3.63) is 58.6 Å². The van der Waals surface area contributed by atoms with Crippen molar-refractivity contribution in [2.24, 2.45) is 0 Å². The first-order valence-corrected chi connectivity index (χ1v) is 7.22. The van der Waals surface area contributed by atoms with Crippen LogP contribution in [0.25, 0.3) is 0 Å². The number of carbonyl (C=O) groups is 1. The van der Waals surface area contributed by atoms with Crippen LogP contribution in [-0.4, -0.2) is 16.2 Å². The molecular formula is C15H13ClO3S. The minimum Gasteiger partial charge on any atom is -0.508 e.